The number of nitrogens with one attached hydrogen (secondary N) is 1. The maximum atomic E-state index is 12.8. The van der Waals surface area contributed by atoms with Crippen LogP contribution in [-0.2, 0) is 16.6 Å². The lowest BCUT2D eigenvalue weighted by atomic mass is 10.3. The van der Waals surface area contributed by atoms with Crippen molar-refractivity contribution in [2.45, 2.75) is 57.5 Å². The minimum absolute atomic E-state index is 0.0113. The largest absolute Gasteiger partial charge is 0.312 e. The van der Waals surface area contributed by atoms with Gasteiger partial charge in [-0.2, -0.15) is 4.31 Å². The Balaban J connectivity index is 2.09. The van der Waals surface area contributed by atoms with Crippen LogP contribution in [0.2, 0.25) is 0 Å². The summed E-state index contributed by atoms with van der Waals surface area (Å²) >= 11 is 1.52. The summed E-state index contributed by atoms with van der Waals surface area (Å²) in [4.78, 5) is 1.53. The van der Waals surface area contributed by atoms with E-state index in [0.29, 0.717) is 17.4 Å². The monoisotopic (exact) mass is 330 g/mol. The molecule has 4 nitrogen and oxygen atoms in total. The van der Waals surface area contributed by atoms with Gasteiger partial charge in [0, 0.05) is 29.4 Å². The van der Waals surface area contributed by atoms with E-state index in [4.69, 9.17) is 0 Å². The first-order valence-corrected chi connectivity index (χ1v) is 10.1. The predicted molar refractivity (Wildman–Crippen MR) is 88.1 cm³/mol. The second kappa shape index (κ2) is 7.22. The van der Waals surface area contributed by atoms with E-state index in [1.807, 2.05) is 19.9 Å². The van der Waals surface area contributed by atoms with Crippen LogP contribution in [0, 0.1) is 5.92 Å². The molecule has 0 radical (unpaired) electrons. The quantitative estimate of drug-likeness (QED) is 0.708. The number of nitrogens with zero attached hydrogens (tertiary/aromatic N) is 1. The van der Waals surface area contributed by atoms with E-state index >= 15 is 0 Å². The number of hydrogen-bond acceptors (Lipinski definition) is 4. The van der Waals surface area contributed by atoms with Crippen molar-refractivity contribution in [3.05, 3.63) is 16.3 Å². The molecule has 0 bridgehead atoms. The van der Waals surface area contributed by atoms with Crippen molar-refractivity contribution in [2.24, 2.45) is 5.92 Å². The average molecular weight is 331 g/mol. The summed E-state index contributed by atoms with van der Waals surface area (Å²) in [7, 11) is -3.35. The Hall–Kier alpha value is -0.430. The molecule has 0 aliphatic heterocycles. The number of rotatable bonds is 9. The molecule has 1 aliphatic rings. The van der Waals surface area contributed by atoms with Gasteiger partial charge in [-0.15, -0.1) is 11.3 Å². The van der Waals surface area contributed by atoms with Crippen LogP contribution in [-0.4, -0.2) is 31.9 Å². The molecule has 0 atom stereocenters. The summed E-state index contributed by atoms with van der Waals surface area (Å²) in [6.45, 7) is 8.40. The normalized spacial score (nSPS) is 16.0. The van der Waals surface area contributed by atoms with Gasteiger partial charge in [0.15, 0.2) is 0 Å². The summed E-state index contributed by atoms with van der Waals surface area (Å²) in [6.07, 6.45) is 3.40. The molecule has 1 fully saturated rings. The van der Waals surface area contributed by atoms with Crippen LogP contribution in [0.3, 0.4) is 0 Å². The van der Waals surface area contributed by atoms with E-state index in [1.165, 1.54) is 11.3 Å². The van der Waals surface area contributed by atoms with Crippen LogP contribution in [0.1, 0.15) is 44.9 Å². The zero-order valence-electron chi connectivity index (χ0n) is 13.1. The molecular weight excluding hydrogens is 304 g/mol. The third kappa shape index (κ3) is 4.52. The zero-order valence-corrected chi connectivity index (χ0v) is 14.8. The lowest BCUT2D eigenvalue weighted by Gasteiger charge is -2.25. The van der Waals surface area contributed by atoms with Crippen LogP contribution in [0.25, 0.3) is 0 Å². The first kappa shape index (κ1) is 16.9. The second-order valence-corrected chi connectivity index (χ2v) is 8.92. The lowest BCUT2D eigenvalue weighted by Crippen LogP contribution is -2.38. The third-order valence-electron chi connectivity index (χ3n) is 3.67. The van der Waals surface area contributed by atoms with Crippen molar-refractivity contribution in [1.29, 1.82) is 0 Å². The highest BCUT2D eigenvalue weighted by Crippen LogP contribution is 2.33. The zero-order chi connectivity index (χ0) is 15.5. The number of thiophene rings is 1. The Labute approximate surface area is 132 Å². The van der Waals surface area contributed by atoms with Crippen LogP contribution in [0.4, 0.5) is 0 Å². The average Bonchev–Trinajstić information content (AvgIpc) is 3.12. The fraction of sp³-hybridized carbons (Fsp3) is 0.733. The molecule has 1 aliphatic carbocycles. The topological polar surface area (TPSA) is 49.4 Å². The molecule has 1 aromatic rings. The maximum absolute atomic E-state index is 12.8. The summed E-state index contributed by atoms with van der Waals surface area (Å²) in [6, 6.07) is 1.84. The minimum Gasteiger partial charge on any atom is -0.312 e. The lowest BCUT2D eigenvalue weighted by molar-refractivity contribution is 0.342. The van der Waals surface area contributed by atoms with E-state index in [0.717, 1.165) is 37.2 Å². The molecule has 120 valence electrons. The number of hydrogen-bond donors (Lipinski definition) is 1. The summed E-state index contributed by atoms with van der Waals surface area (Å²) < 4.78 is 27.2. The van der Waals surface area contributed by atoms with Crippen LogP contribution in [0.5, 0.6) is 0 Å². The molecule has 2 rings (SSSR count). The smallest absolute Gasteiger partial charge is 0.244 e. The maximum Gasteiger partial charge on any atom is 0.244 e. The molecule has 0 spiro atoms. The molecule has 1 N–H and O–H groups in total. The van der Waals surface area contributed by atoms with Crippen molar-refractivity contribution in [1.82, 2.24) is 9.62 Å². The van der Waals surface area contributed by atoms with Gasteiger partial charge in [0.05, 0.1) is 4.90 Å². The van der Waals surface area contributed by atoms with Gasteiger partial charge in [-0.25, -0.2) is 8.42 Å². The van der Waals surface area contributed by atoms with E-state index in [2.05, 4.69) is 12.2 Å². The molecule has 1 saturated carbocycles. The molecule has 1 heterocycles. The van der Waals surface area contributed by atoms with Crippen molar-refractivity contribution < 1.29 is 8.42 Å². The number of sulfonamides is 1. The molecule has 0 saturated heterocycles. The Morgan fingerprint density at radius 1 is 1.43 bits per heavy atom. The van der Waals surface area contributed by atoms with Gasteiger partial charge < -0.3 is 5.32 Å². The Bertz CT molecular complexity index is 548. The van der Waals surface area contributed by atoms with Gasteiger partial charge in [0.1, 0.15) is 0 Å². The first-order valence-electron chi connectivity index (χ1n) is 7.75. The Morgan fingerprint density at radius 2 is 2.14 bits per heavy atom. The molecule has 0 aromatic carbocycles. The highest BCUT2D eigenvalue weighted by molar-refractivity contribution is 7.89. The fourth-order valence-electron chi connectivity index (χ4n) is 2.25. The molecule has 1 aromatic heterocycles. The van der Waals surface area contributed by atoms with Crippen LogP contribution in [0.15, 0.2) is 16.3 Å². The summed E-state index contributed by atoms with van der Waals surface area (Å²) in [5.41, 5.74) is 0. The molecule has 6 heteroatoms. The highest BCUT2D eigenvalue weighted by atomic mass is 32.2. The van der Waals surface area contributed by atoms with E-state index in [1.54, 1.807) is 9.69 Å². The summed E-state index contributed by atoms with van der Waals surface area (Å²) in [5.74, 6) is 0.562. The SMILES string of the molecule is CCCNCc1cc(S(=O)(=O)N(CC2CC2)C(C)C)cs1. The minimum atomic E-state index is -3.35. The predicted octanol–water partition coefficient (Wildman–Crippen LogP) is 3.06. The van der Waals surface area contributed by atoms with Gasteiger partial charge in [-0.3, -0.25) is 0 Å². The van der Waals surface area contributed by atoms with Gasteiger partial charge in [0.2, 0.25) is 10.0 Å². The molecule has 0 unspecified atom stereocenters. The van der Waals surface area contributed by atoms with Crippen molar-refractivity contribution in [3.8, 4) is 0 Å². The Morgan fingerprint density at radius 3 is 2.71 bits per heavy atom. The highest BCUT2D eigenvalue weighted by Gasteiger charge is 2.33. The molecule has 0 amide bonds. The Kier molecular flexibility index (Phi) is 5.82. The van der Waals surface area contributed by atoms with Gasteiger partial charge in [0.25, 0.3) is 0 Å². The summed E-state index contributed by atoms with van der Waals surface area (Å²) in [5, 5.41) is 5.09. The fourth-order valence-corrected chi connectivity index (χ4v) is 5.20. The second-order valence-electron chi connectivity index (χ2n) is 6.04. The first-order chi connectivity index (χ1) is 9.95. The molecule has 21 heavy (non-hydrogen) atoms. The van der Waals surface area contributed by atoms with Gasteiger partial charge in [-0.05, 0) is 51.6 Å². The van der Waals surface area contributed by atoms with E-state index in [-0.39, 0.29) is 6.04 Å². The third-order valence-corrected chi connectivity index (χ3v) is 6.78. The van der Waals surface area contributed by atoms with E-state index in [9.17, 15) is 8.42 Å². The van der Waals surface area contributed by atoms with Crippen molar-refractivity contribution in [3.63, 3.8) is 0 Å². The van der Waals surface area contributed by atoms with Crippen molar-refractivity contribution >= 4 is 21.4 Å². The van der Waals surface area contributed by atoms with Crippen LogP contribution < -0.4 is 5.32 Å². The van der Waals surface area contributed by atoms with Gasteiger partial charge in [-0.1, -0.05) is 6.92 Å². The van der Waals surface area contributed by atoms with Gasteiger partial charge >= 0.3 is 0 Å². The molecular formula is C15H26N2O2S2. The van der Waals surface area contributed by atoms with E-state index < -0.39 is 10.0 Å². The standard InChI is InChI=1S/C15H26N2O2S2/c1-4-7-16-9-14-8-15(11-20-14)21(18,19)17(12(2)3)10-13-5-6-13/h8,11-13,16H,4-7,9-10H2,1-3H3. The van der Waals surface area contributed by atoms with Crippen molar-refractivity contribution in [2.75, 3.05) is 13.1 Å². The van der Waals surface area contributed by atoms with Crippen LogP contribution >= 0.6 is 11.3 Å².